The second-order valence-corrected chi connectivity index (χ2v) is 6.76. The molecular formula is C16H14BrFN4OS. The zero-order valence-corrected chi connectivity index (χ0v) is 14.9. The van der Waals surface area contributed by atoms with Crippen molar-refractivity contribution in [2.45, 2.75) is 17.5 Å². The lowest BCUT2D eigenvalue weighted by atomic mass is 10.2. The molecule has 0 aliphatic carbocycles. The van der Waals surface area contributed by atoms with Gasteiger partial charge in [-0.3, -0.25) is 0 Å². The Balaban J connectivity index is 1.61. The molecular weight excluding hydrogens is 395 g/mol. The number of nitrogen functional groups attached to an aromatic ring is 1. The van der Waals surface area contributed by atoms with Crippen LogP contribution in [0.25, 0.3) is 0 Å². The van der Waals surface area contributed by atoms with Crippen molar-refractivity contribution in [1.82, 2.24) is 14.9 Å². The number of para-hydroxylation sites is 1. The zero-order chi connectivity index (χ0) is 16.9. The van der Waals surface area contributed by atoms with Crippen LogP contribution in [0.4, 0.5) is 4.39 Å². The molecule has 2 aromatic carbocycles. The third-order valence-electron chi connectivity index (χ3n) is 3.21. The van der Waals surface area contributed by atoms with Crippen LogP contribution in [0, 0.1) is 5.82 Å². The van der Waals surface area contributed by atoms with Gasteiger partial charge in [0, 0.05) is 10.2 Å². The lowest BCUT2D eigenvalue weighted by molar-refractivity contribution is 0.277. The topological polar surface area (TPSA) is 66.0 Å². The highest BCUT2D eigenvalue weighted by Gasteiger charge is 2.12. The fourth-order valence-corrected chi connectivity index (χ4v) is 3.03. The molecule has 0 spiro atoms. The van der Waals surface area contributed by atoms with Crippen LogP contribution in [-0.4, -0.2) is 14.9 Å². The molecule has 0 fully saturated rings. The van der Waals surface area contributed by atoms with Gasteiger partial charge in [0.05, 0.1) is 0 Å². The number of rotatable bonds is 6. The van der Waals surface area contributed by atoms with E-state index in [-0.39, 0.29) is 12.4 Å². The fraction of sp³-hybridized carbons (Fsp3) is 0.125. The van der Waals surface area contributed by atoms with E-state index in [1.54, 1.807) is 18.2 Å². The molecule has 8 heteroatoms. The first-order valence-corrected chi connectivity index (χ1v) is 8.85. The Labute approximate surface area is 151 Å². The van der Waals surface area contributed by atoms with Gasteiger partial charge in [0.2, 0.25) is 5.16 Å². The predicted molar refractivity (Wildman–Crippen MR) is 94.6 cm³/mol. The Bertz CT molecular complexity index is 825. The standard InChI is InChI=1S/C16H14BrFN4OS/c17-12-7-5-11(6-8-12)10-24-16-21-20-15(22(16)19)9-23-14-4-2-1-3-13(14)18/h1-8H,9-10,19H2. The molecule has 2 N–H and O–H groups in total. The quantitative estimate of drug-likeness (QED) is 0.496. The Morgan fingerprint density at radius 3 is 2.62 bits per heavy atom. The van der Waals surface area contributed by atoms with Crippen LogP contribution in [0.5, 0.6) is 5.75 Å². The van der Waals surface area contributed by atoms with Crippen molar-refractivity contribution in [3.05, 3.63) is 70.2 Å². The number of nitrogens with zero attached hydrogens (tertiary/aromatic N) is 3. The summed E-state index contributed by atoms with van der Waals surface area (Å²) in [6.45, 7) is 0.0449. The average molecular weight is 409 g/mol. The van der Waals surface area contributed by atoms with Crippen LogP contribution in [-0.2, 0) is 12.4 Å². The van der Waals surface area contributed by atoms with Crippen molar-refractivity contribution >= 4 is 27.7 Å². The summed E-state index contributed by atoms with van der Waals surface area (Å²) in [6, 6.07) is 14.2. The largest absolute Gasteiger partial charge is 0.482 e. The minimum absolute atomic E-state index is 0.0449. The second-order valence-electron chi connectivity index (χ2n) is 4.90. The molecule has 0 amide bonds. The first kappa shape index (κ1) is 16.8. The molecule has 0 atom stereocenters. The summed E-state index contributed by atoms with van der Waals surface area (Å²) in [5.74, 6) is 6.86. The molecule has 0 aliphatic heterocycles. The van der Waals surface area contributed by atoms with Gasteiger partial charge in [0.25, 0.3) is 0 Å². The lowest BCUT2D eigenvalue weighted by Crippen LogP contribution is -2.16. The van der Waals surface area contributed by atoms with Crippen molar-refractivity contribution in [3.8, 4) is 5.75 Å². The Morgan fingerprint density at radius 2 is 1.88 bits per heavy atom. The molecule has 1 aromatic heterocycles. The van der Waals surface area contributed by atoms with Gasteiger partial charge in [-0.2, -0.15) is 0 Å². The predicted octanol–water partition coefficient (Wildman–Crippen LogP) is 3.76. The van der Waals surface area contributed by atoms with Gasteiger partial charge >= 0.3 is 0 Å². The van der Waals surface area contributed by atoms with Crippen molar-refractivity contribution < 1.29 is 9.13 Å². The van der Waals surface area contributed by atoms with E-state index in [1.807, 2.05) is 24.3 Å². The number of halogens is 2. The third-order valence-corrected chi connectivity index (χ3v) is 4.75. The minimum Gasteiger partial charge on any atom is -0.482 e. The molecule has 124 valence electrons. The maximum atomic E-state index is 13.5. The Morgan fingerprint density at radius 1 is 1.12 bits per heavy atom. The molecule has 0 bridgehead atoms. The fourth-order valence-electron chi connectivity index (χ4n) is 1.94. The first-order chi connectivity index (χ1) is 11.6. The number of benzene rings is 2. The maximum absolute atomic E-state index is 13.5. The summed E-state index contributed by atoms with van der Waals surface area (Å²) < 4.78 is 21.3. The van der Waals surface area contributed by atoms with Crippen LogP contribution < -0.4 is 10.6 Å². The maximum Gasteiger partial charge on any atom is 0.210 e. The van der Waals surface area contributed by atoms with Gasteiger partial charge in [-0.05, 0) is 29.8 Å². The van der Waals surface area contributed by atoms with Gasteiger partial charge in [-0.1, -0.05) is 52.0 Å². The third kappa shape index (κ3) is 4.07. The highest BCUT2D eigenvalue weighted by atomic mass is 79.9. The smallest absolute Gasteiger partial charge is 0.210 e. The summed E-state index contributed by atoms with van der Waals surface area (Å²) in [6.07, 6.45) is 0. The van der Waals surface area contributed by atoms with E-state index >= 15 is 0 Å². The molecule has 3 aromatic rings. The molecule has 0 unspecified atom stereocenters. The second kappa shape index (κ2) is 7.67. The van der Waals surface area contributed by atoms with Crippen LogP contribution >= 0.6 is 27.7 Å². The lowest BCUT2D eigenvalue weighted by Gasteiger charge is -2.07. The van der Waals surface area contributed by atoms with Crippen molar-refractivity contribution in [2.75, 3.05) is 5.84 Å². The molecule has 24 heavy (non-hydrogen) atoms. The molecule has 0 aliphatic rings. The molecule has 0 saturated heterocycles. The zero-order valence-electron chi connectivity index (χ0n) is 12.5. The van der Waals surface area contributed by atoms with E-state index in [1.165, 1.54) is 22.5 Å². The number of hydrogen-bond acceptors (Lipinski definition) is 5. The summed E-state index contributed by atoms with van der Waals surface area (Å²) >= 11 is 4.88. The van der Waals surface area contributed by atoms with Crippen LogP contribution in [0.2, 0.25) is 0 Å². The molecule has 5 nitrogen and oxygen atoms in total. The molecule has 3 rings (SSSR count). The average Bonchev–Trinajstić information content (AvgIpc) is 2.94. The van der Waals surface area contributed by atoms with Crippen LogP contribution in [0.15, 0.2) is 58.2 Å². The highest BCUT2D eigenvalue weighted by molar-refractivity contribution is 9.10. The van der Waals surface area contributed by atoms with Gasteiger partial charge < -0.3 is 10.6 Å². The number of ether oxygens (including phenoxy) is 1. The van der Waals surface area contributed by atoms with Crippen molar-refractivity contribution in [1.29, 1.82) is 0 Å². The Kier molecular flexibility index (Phi) is 5.37. The first-order valence-electron chi connectivity index (χ1n) is 7.07. The number of nitrogens with two attached hydrogens (primary N) is 1. The van der Waals surface area contributed by atoms with E-state index in [0.717, 1.165) is 15.8 Å². The summed E-state index contributed by atoms with van der Waals surface area (Å²) in [7, 11) is 0. The summed E-state index contributed by atoms with van der Waals surface area (Å²) in [5.41, 5.74) is 1.15. The van der Waals surface area contributed by atoms with Gasteiger partial charge in [-0.15, -0.1) is 10.2 Å². The van der Waals surface area contributed by atoms with E-state index in [0.29, 0.717) is 11.0 Å². The molecule has 0 saturated carbocycles. The van der Waals surface area contributed by atoms with Crippen LogP contribution in [0.3, 0.4) is 0 Å². The minimum atomic E-state index is -0.426. The number of hydrogen-bond donors (Lipinski definition) is 1. The highest BCUT2D eigenvalue weighted by Crippen LogP contribution is 2.22. The van der Waals surface area contributed by atoms with Crippen LogP contribution in [0.1, 0.15) is 11.4 Å². The van der Waals surface area contributed by atoms with Crippen molar-refractivity contribution in [2.24, 2.45) is 0 Å². The number of thioether (sulfide) groups is 1. The number of aromatic nitrogens is 3. The van der Waals surface area contributed by atoms with E-state index in [4.69, 9.17) is 10.6 Å². The summed E-state index contributed by atoms with van der Waals surface area (Å²) in [5, 5.41) is 8.62. The monoisotopic (exact) mass is 408 g/mol. The SMILES string of the molecule is Nn1c(COc2ccccc2F)nnc1SCc1ccc(Br)cc1. The van der Waals surface area contributed by atoms with Crippen molar-refractivity contribution in [3.63, 3.8) is 0 Å². The van der Waals surface area contributed by atoms with Gasteiger partial charge in [0.1, 0.15) is 6.61 Å². The van der Waals surface area contributed by atoms with Gasteiger partial charge in [-0.25, -0.2) is 9.07 Å². The van der Waals surface area contributed by atoms with E-state index in [9.17, 15) is 4.39 Å². The van der Waals surface area contributed by atoms with E-state index < -0.39 is 5.82 Å². The molecule has 1 heterocycles. The van der Waals surface area contributed by atoms with Gasteiger partial charge in [0.15, 0.2) is 17.4 Å². The summed E-state index contributed by atoms with van der Waals surface area (Å²) in [4.78, 5) is 0. The van der Waals surface area contributed by atoms with E-state index in [2.05, 4.69) is 26.1 Å². The Hall–Kier alpha value is -2.06. The molecule has 0 radical (unpaired) electrons. The normalized spacial score (nSPS) is 10.8.